The summed E-state index contributed by atoms with van der Waals surface area (Å²) in [6.45, 7) is 2.19. The Balaban J connectivity index is 2.05. The topological polar surface area (TPSA) is 38.8 Å². The van der Waals surface area contributed by atoms with Crippen molar-refractivity contribution in [2.24, 2.45) is 0 Å². The van der Waals surface area contributed by atoms with Crippen LogP contribution in [0.2, 0.25) is 0 Å². The van der Waals surface area contributed by atoms with Crippen molar-refractivity contribution >= 4 is 5.97 Å². The maximum atomic E-state index is 12.6. The summed E-state index contributed by atoms with van der Waals surface area (Å²) >= 11 is 0. The van der Waals surface area contributed by atoms with Gasteiger partial charge in [0.2, 0.25) is 0 Å². The number of hydrogen-bond acceptors (Lipinski definition) is 4. The average molecular weight is 313 g/mol. The minimum Gasteiger partial charge on any atom is -0.462 e. The van der Waals surface area contributed by atoms with Crippen LogP contribution in [0.5, 0.6) is 0 Å². The van der Waals surface area contributed by atoms with Gasteiger partial charge in [-0.25, -0.2) is 4.79 Å². The fourth-order valence-electron chi connectivity index (χ4n) is 3.25. The highest BCUT2D eigenvalue weighted by atomic mass is 16.7. The summed E-state index contributed by atoms with van der Waals surface area (Å²) in [4.78, 5) is 18.6. The van der Waals surface area contributed by atoms with Gasteiger partial charge < -0.3 is 9.57 Å². The maximum absolute atomic E-state index is 12.6. The number of nitrogens with zero attached hydrogens (tertiary/aromatic N) is 1. The van der Waals surface area contributed by atoms with Gasteiger partial charge in [0, 0.05) is 7.05 Å². The van der Waals surface area contributed by atoms with Gasteiger partial charge in [-0.1, -0.05) is 36.4 Å². The van der Waals surface area contributed by atoms with E-state index in [1.54, 1.807) is 5.06 Å². The van der Waals surface area contributed by atoms with Crippen LogP contribution in [0, 0.1) is 0 Å². The van der Waals surface area contributed by atoms with Gasteiger partial charge in [0.1, 0.15) is 11.6 Å². The molecule has 1 unspecified atom stereocenters. The first-order valence-corrected chi connectivity index (χ1v) is 8.28. The molecule has 0 amide bonds. The van der Waals surface area contributed by atoms with Crippen molar-refractivity contribution in [1.82, 2.24) is 5.06 Å². The molecule has 3 rings (SSSR count). The first-order valence-electron chi connectivity index (χ1n) is 8.28. The zero-order chi connectivity index (χ0) is 16.2. The molecule has 1 atom stereocenters. The Labute approximate surface area is 137 Å². The number of rotatable bonds is 4. The van der Waals surface area contributed by atoms with Crippen molar-refractivity contribution in [3.63, 3.8) is 0 Å². The molecule has 0 saturated carbocycles. The lowest BCUT2D eigenvalue weighted by Gasteiger charge is -2.20. The summed E-state index contributed by atoms with van der Waals surface area (Å²) in [7, 11) is 1.87. The molecule has 23 heavy (non-hydrogen) atoms. The number of hydrogen-bond donors (Lipinski definition) is 0. The van der Waals surface area contributed by atoms with Gasteiger partial charge in [-0.3, -0.25) is 0 Å². The van der Waals surface area contributed by atoms with E-state index in [1.165, 1.54) is 6.42 Å². The highest BCUT2D eigenvalue weighted by Crippen LogP contribution is 2.42. The molecular formula is C19H23NO3. The molecule has 1 aromatic carbocycles. The molecule has 2 aliphatic rings. The fourth-order valence-corrected chi connectivity index (χ4v) is 3.25. The number of esters is 1. The lowest BCUT2D eigenvalue weighted by molar-refractivity contribution is -0.139. The predicted molar refractivity (Wildman–Crippen MR) is 88.2 cm³/mol. The zero-order valence-electron chi connectivity index (χ0n) is 13.7. The fraction of sp³-hybridized carbons (Fsp3) is 0.421. The lowest BCUT2D eigenvalue weighted by Crippen LogP contribution is -2.22. The molecule has 1 heterocycles. The quantitative estimate of drug-likeness (QED) is 0.790. The average Bonchev–Trinajstić information content (AvgIpc) is 2.94. The number of carbonyl (C=O) groups excluding carboxylic acids is 1. The molecule has 0 bridgehead atoms. The van der Waals surface area contributed by atoms with Gasteiger partial charge in [-0.2, -0.15) is 0 Å². The summed E-state index contributed by atoms with van der Waals surface area (Å²) in [6.07, 6.45) is 6.52. The van der Waals surface area contributed by atoms with E-state index >= 15 is 0 Å². The SMILES string of the molecule is CCOC(=O)C1=C(C2=CCCCC2)ON(C)C1c1ccccc1. The largest absolute Gasteiger partial charge is 0.462 e. The second kappa shape index (κ2) is 7.01. The van der Waals surface area contributed by atoms with Crippen LogP contribution < -0.4 is 0 Å². The van der Waals surface area contributed by atoms with Crippen LogP contribution in [0.4, 0.5) is 0 Å². The Morgan fingerprint density at radius 3 is 2.74 bits per heavy atom. The third-order valence-electron chi connectivity index (χ3n) is 4.31. The van der Waals surface area contributed by atoms with Gasteiger partial charge >= 0.3 is 5.97 Å². The number of likely N-dealkylation sites (N-methyl/N-ethyl adjacent to an activating group) is 1. The van der Waals surface area contributed by atoms with Crippen molar-refractivity contribution in [2.75, 3.05) is 13.7 Å². The molecule has 1 aliphatic heterocycles. The van der Waals surface area contributed by atoms with E-state index in [1.807, 2.05) is 44.3 Å². The zero-order valence-corrected chi connectivity index (χ0v) is 13.7. The third-order valence-corrected chi connectivity index (χ3v) is 4.31. The molecule has 4 heteroatoms. The molecule has 0 aromatic heterocycles. The van der Waals surface area contributed by atoms with Crippen LogP contribution in [0.25, 0.3) is 0 Å². The molecule has 4 nitrogen and oxygen atoms in total. The number of carbonyl (C=O) groups is 1. The minimum absolute atomic E-state index is 0.229. The monoisotopic (exact) mass is 313 g/mol. The summed E-state index contributed by atoms with van der Waals surface area (Å²) in [5, 5.41) is 1.76. The smallest absolute Gasteiger partial charge is 0.339 e. The Hall–Kier alpha value is -2.07. The van der Waals surface area contributed by atoms with Crippen LogP contribution >= 0.6 is 0 Å². The number of ether oxygens (including phenoxy) is 1. The normalized spacial score (nSPS) is 21.8. The Morgan fingerprint density at radius 2 is 2.09 bits per heavy atom. The van der Waals surface area contributed by atoms with E-state index < -0.39 is 0 Å². The van der Waals surface area contributed by atoms with Crippen LogP contribution in [0.1, 0.15) is 44.2 Å². The second-order valence-electron chi connectivity index (χ2n) is 5.89. The third kappa shape index (κ3) is 3.17. The van der Waals surface area contributed by atoms with E-state index in [4.69, 9.17) is 9.57 Å². The number of benzene rings is 1. The van der Waals surface area contributed by atoms with E-state index in [0.717, 1.165) is 30.4 Å². The molecule has 122 valence electrons. The van der Waals surface area contributed by atoms with Crippen molar-refractivity contribution < 1.29 is 14.4 Å². The Bertz CT molecular complexity index is 633. The summed E-state index contributed by atoms with van der Waals surface area (Å²) in [5.74, 6) is 0.409. The maximum Gasteiger partial charge on any atom is 0.339 e. The molecule has 0 saturated heterocycles. The lowest BCUT2D eigenvalue weighted by atomic mass is 9.92. The second-order valence-corrected chi connectivity index (χ2v) is 5.89. The van der Waals surface area contributed by atoms with Gasteiger partial charge in [-0.15, -0.1) is 5.06 Å². The number of hydroxylamine groups is 2. The molecule has 0 fully saturated rings. The van der Waals surface area contributed by atoms with E-state index in [2.05, 4.69) is 6.08 Å². The Morgan fingerprint density at radius 1 is 1.30 bits per heavy atom. The summed E-state index contributed by atoms with van der Waals surface area (Å²) in [5.41, 5.74) is 2.78. The molecule has 0 spiro atoms. The van der Waals surface area contributed by atoms with E-state index in [9.17, 15) is 4.79 Å². The van der Waals surface area contributed by atoms with Gasteiger partial charge in [0.05, 0.1) is 6.61 Å². The highest BCUT2D eigenvalue weighted by molar-refractivity contribution is 5.92. The molecular weight excluding hydrogens is 290 g/mol. The molecule has 1 aliphatic carbocycles. The predicted octanol–water partition coefficient (Wildman–Crippen LogP) is 3.92. The molecule has 0 radical (unpaired) electrons. The van der Waals surface area contributed by atoms with Crippen LogP contribution in [0.15, 0.2) is 53.3 Å². The Kier molecular flexibility index (Phi) is 4.82. The minimum atomic E-state index is -0.285. The van der Waals surface area contributed by atoms with Crippen molar-refractivity contribution in [3.8, 4) is 0 Å². The standard InChI is InChI=1S/C19H23NO3/c1-3-22-19(21)16-17(14-10-6-4-7-11-14)20(2)23-18(16)15-12-8-5-9-13-15/h4,6-7,10-12,17H,3,5,8-9,13H2,1-2H3. The van der Waals surface area contributed by atoms with Crippen LogP contribution in [-0.4, -0.2) is 24.7 Å². The van der Waals surface area contributed by atoms with E-state index in [0.29, 0.717) is 17.9 Å². The highest BCUT2D eigenvalue weighted by Gasteiger charge is 2.40. The molecule has 0 N–H and O–H groups in total. The summed E-state index contributed by atoms with van der Waals surface area (Å²) < 4.78 is 5.32. The number of allylic oxidation sites excluding steroid dienone is 2. The van der Waals surface area contributed by atoms with Crippen molar-refractivity contribution in [2.45, 2.75) is 38.6 Å². The first-order chi connectivity index (χ1) is 11.2. The van der Waals surface area contributed by atoms with Gasteiger partial charge in [0.15, 0.2) is 5.76 Å². The van der Waals surface area contributed by atoms with Crippen LogP contribution in [0.3, 0.4) is 0 Å². The van der Waals surface area contributed by atoms with Crippen molar-refractivity contribution in [3.05, 3.63) is 58.9 Å². The van der Waals surface area contributed by atoms with Crippen LogP contribution in [-0.2, 0) is 14.4 Å². The molecule has 1 aromatic rings. The van der Waals surface area contributed by atoms with Crippen molar-refractivity contribution in [1.29, 1.82) is 0 Å². The first kappa shape index (κ1) is 15.8. The van der Waals surface area contributed by atoms with E-state index in [-0.39, 0.29) is 12.0 Å². The van der Waals surface area contributed by atoms with Gasteiger partial charge in [0.25, 0.3) is 0 Å². The summed E-state index contributed by atoms with van der Waals surface area (Å²) in [6, 6.07) is 9.72. The van der Waals surface area contributed by atoms with Gasteiger partial charge in [-0.05, 0) is 43.7 Å².